The summed E-state index contributed by atoms with van der Waals surface area (Å²) in [6.45, 7) is 14.7. The minimum Gasteiger partial charge on any atom is -0.324 e. The molecule has 0 aliphatic rings. The zero-order valence-corrected chi connectivity index (χ0v) is 18.3. The van der Waals surface area contributed by atoms with Crippen LogP contribution in [0, 0.1) is 11.3 Å². The second kappa shape index (κ2) is 12.4. The molecule has 0 spiro atoms. The first-order chi connectivity index (χ1) is 11.1. The van der Waals surface area contributed by atoms with Crippen LogP contribution in [0.15, 0.2) is 0 Å². The van der Waals surface area contributed by atoms with E-state index < -0.39 is 15.7 Å². The van der Waals surface area contributed by atoms with Crippen molar-refractivity contribution in [1.82, 2.24) is 4.67 Å². The molecule has 5 nitrogen and oxygen atoms in total. The van der Waals surface area contributed by atoms with Crippen LogP contribution in [0.5, 0.6) is 0 Å². The summed E-state index contributed by atoms with van der Waals surface area (Å²) in [6, 6.07) is 2.75. The fourth-order valence-electron chi connectivity index (χ4n) is 2.43. The van der Waals surface area contributed by atoms with Crippen LogP contribution in [-0.4, -0.2) is 49.0 Å². The molecule has 0 aromatic rings. The van der Waals surface area contributed by atoms with E-state index in [1.807, 2.05) is 13.3 Å². The van der Waals surface area contributed by atoms with Gasteiger partial charge in [-0.3, -0.25) is 0 Å². The Hall–Kier alpha value is 0.0300. The number of nitriles is 1. The summed E-state index contributed by atoms with van der Waals surface area (Å²) >= 11 is 0. The standard InChI is InChI=1S/C17H36N2O3P2/c1-15(2)19(16(3)4)23(21-13-10-12-18)22-17(5)11-8-9-14-24(6,7)20/h15-17H,8-11,13-14H2,1-7H3/t17-,23?/m0/s1. The van der Waals surface area contributed by atoms with Gasteiger partial charge in [0.1, 0.15) is 0 Å². The third kappa shape index (κ3) is 11.6. The third-order valence-electron chi connectivity index (χ3n) is 3.49. The fourth-order valence-corrected chi connectivity index (χ4v) is 5.13. The Bertz CT molecular complexity index is 411. The van der Waals surface area contributed by atoms with Crippen molar-refractivity contribution in [2.45, 2.75) is 78.5 Å². The van der Waals surface area contributed by atoms with Crippen molar-refractivity contribution in [2.24, 2.45) is 0 Å². The first kappa shape index (κ1) is 24.0. The predicted octanol–water partition coefficient (Wildman–Crippen LogP) is 5.46. The SMILES string of the molecule is CC(C)N(C(C)C)P(OCCC#N)O[C@@H](C)CCCCP(C)(C)=O. The molecule has 0 N–H and O–H groups in total. The van der Waals surface area contributed by atoms with Gasteiger partial charge in [-0.25, -0.2) is 4.67 Å². The maximum absolute atomic E-state index is 11.7. The lowest BCUT2D eigenvalue weighted by Crippen LogP contribution is -2.34. The summed E-state index contributed by atoms with van der Waals surface area (Å²) in [5, 5.41) is 8.73. The number of unbranched alkanes of at least 4 members (excludes halogenated alkanes) is 1. The summed E-state index contributed by atoms with van der Waals surface area (Å²) < 4.78 is 26.1. The van der Waals surface area contributed by atoms with Gasteiger partial charge in [-0.1, -0.05) is 6.42 Å². The summed E-state index contributed by atoms with van der Waals surface area (Å²) in [6.07, 6.45) is 4.19. The molecule has 7 heteroatoms. The van der Waals surface area contributed by atoms with Crippen molar-refractivity contribution in [2.75, 3.05) is 26.1 Å². The van der Waals surface area contributed by atoms with Crippen LogP contribution < -0.4 is 0 Å². The van der Waals surface area contributed by atoms with Crippen LogP contribution >= 0.6 is 15.7 Å². The summed E-state index contributed by atoms with van der Waals surface area (Å²) in [7, 11) is -3.08. The Labute approximate surface area is 150 Å². The minimum atomic E-state index is -1.91. The third-order valence-corrected chi connectivity index (χ3v) is 7.13. The first-order valence-electron chi connectivity index (χ1n) is 8.87. The van der Waals surface area contributed by atoms with Gasteiger partial charge in [-0.05, 0) is 60.8 Å². The van der Waals surface area contributed by atoms with Crippen LogP contribution in [0.2, 0.25) is 0 Å². The van der Waals surface area contributed by atoms with Gasteiger partial charge in [-0.15, -0.1) is 0 Å². The van der Waals surface area contributed by atoms with Crippen molar-refractivity contribution in [3.63, 3.8) is 0 Å². The van der Waals surface area contributed by atoms with Crippen LogP contribution in [0.1, 0.15) is 60.3 Å². The topological polar surface area (TPSA) is 62.6 Å². The van der Waals surface area contributed by atoms with Crippen molar-refractivity contribution < 1.29 is 13.6 Å². The summed E-state index contributed by atoms with van der Waals surface area (Å²) in [5.74, 6) is 0. The molecular weight excluding hydrogens is 342 g/mol. The van der Waals surface area contributed by atoms with E-state index in [0.29, 0.717) is 25.1 Å². The Kier molecular flexibility index (Phi) is 12.4. The quantitative estimate of drug-likeness (QED) is 0.314. The van der Waals surface area contributed by atoms with Gasteiger partial charge in [0.05, 0.1) is 32.3 Å². The second-order valence-corrected chi connectivity index (χ2v) is 12.3. The molecule has 0 aromatic carbocycles. The highest BCUT2D eigenvalue weighted by Gasteiger charge is 2.28. The molecule has 0 saturated heterocycles. The van der Waals surface area contributed by atoms with Crippen LogP contribution in [-0.2, 0) is 13.6 Å². The van der Waals surface area contributed by atoms with Crippen LogP contribution in [0.3, 0.4) is 0 Å². The lowest BCUT2D eigenvalue weighted by Gasteiger charge is -2.36. The van der Waals surface area contributed by atoms with Crippen molar-refractivity contribution in [3.05, 3.63) is 0 Å². The highest BCUT2D eigenvalue weighted by atomic mass is 31.2. The zero-order valence-electron chi connectivity index (χ0n) is 16.5. The Morgan fingerprint density at radius 2 is 1.71 bits per heavy atom. The minimum absolute atomic E-state index is 0.0892. The van der Waals surface area contributed by atoms with Gasteiger partial charge in [0.2, 0.25) is 0 Å². The van der Waals surface area contributed by atoms with Gasteiger partial charge in [0.15, 0.2) is 0 Å². The van der Waals surface area contributed by atoms with E-state index >= 15 is 0 Å². The van der Waals surface area contributed by atoms with E-state index in [4.69, 9.17) is 14.3 Å². The number of rotatable bonds is 13. The predicted molar refractivity (Wildman–Crippen MR) is 104 cm³/mol. The van der Waals surface area contributed by atoms with Crippen LogP contribution in [0.25, 0.3) is 0 Å². The van der Waals surface area contributed by atoms with Crippen molar-refractivity contribution >= 4 is 15.7 Å². The normalized spacial score (nSPS) is 15.0. The van der Waals surface area contributed by atoms with Crippen LogP contribution in [0.4, 0.5) is 0 Å². The highest BCUT2D eigenvalue weighted by molar-refractivity contribution is 7.62. The molecule has 1 unspecified atom stereocenters. The van der Waals surface area contributed by atoms with Gasteiger partial charge in [0, 0.05) is 18.2 Å². The average molecular weight is 378 g/mol. The zero-order chi connectivity index (χ0) is 18.8. The monoisotopic (exact) mass is 378 g/mol. The van der Waals surface area contributed by atoms with E-state index in [2.05, 4.69) is 45.4 Å². The van der Waals surface area contributed by atoms with Crippen molar-refractivity contribution in [3.8, 4) is 6.07 Å². The summed E-state index contributed by atoms with van der Waals surface area (Å²) in [4.78, 5) is 0. The maximum Gasteiger partial charge on any atom is 0.259 e. The lowest BCUT2D eigenvalue weighted by molar-refractivity contribution is 0.135. The van der Waals surface area contributed by atoms with E-state index in [0.717, 1.165) is 25.4 Å². The Morgan fingerprint density at radius 3 is 2.17 bits per heavy atom. The smallest absolute Gasteiger partial charge is 0.259 e. The maximum atomic E-state index is 11.7. The molecule has 0 fully saturated rings. The average Bonchev–Trinajstić information content (AvgIpc) is 2.42. The molecule has 142 valence electrons. The fraction of sp³-hybridized carbons (Fsp3) is 0.941. The number of nitrogens with zero attached hydrogens (tertiary/aromatic N) is 2. The van der Waals surface area contributed by atoms with E-state index in [1.165, 1.54) is 0 Å². The highest BCUT2D eigenvalue weighted by Crippen LogP contribution is 2.47. The van der Waals surface area contributed by atoms with E-state index in [9.17, 15) is 4.57 Å². The van der Waals surface area contributed by atoms with Gasteiger partial charge >= 0.3 is 0 Å². The molecule has 0 saturated carbocycles. The molecule has 24 heavy (non-hydrogen) atoms. The summed E-state index contributed by atoms with van der Waals surface area (Å²) in [5.41, 5.74) is 0. The molecule has 0 aliphatic carbocycles. The molecule has 0 amide bonds. The molecule has 0 heterocycles. The molecule has 0 aromatic heterocycles. The largest absolute Gasteiger partial charge is 0.324 e. The Balaban J connectivity index is 4.56. The van der Waals surface area contributed by atoms with Crippen molar-refractivity contribution in [1.29, 1.82) is 5.26 Å². The second-order valence-electron chi connectivity index (χ2n) is 7.26. The van der Waals surface area contributed by atoms with Gasteiger partial charge in [-0.2, -0.15) is 5.26 Å². The Morgan fingerprint density at radius 1 is 1.12 bits per heavy atom. The lowest BCUT2D eigenvalue weighted by atomic mass is 10.2. The van der Waals surface area contributed by atoms with E-state index in [-0.39, 0.29) is 6.10 Å². The van der Waals surface area contributed by atoms with Gasteiger partial charge in [0.25, 0.3) is 8.53 Å². The molecule has 2 atom stereocenters. The first-order valence-corrected chi connectivity index (χ1v) is 12.8. The molecule has 0 rings (SSSR count). The number of hydrogen-bond donors (Lipinski definition) is 0. The number of hydrogen-bond acceptors (Lipinski definition) is 5. The molecular formula is C17H36N2O3P2. The van der Waals surface area contributed by atoms with E-state index in [1.54, 1.807) is 0 Å². The molecule has 0 aliphatic heterocycles. The molecule has 0 bridgehead atoms. The molecule has 0 radical (unpaired) electrons. The van der Waals surface area contributed by atoms with Gasteiger partial charge < -0.3 is 13.6 Å².